The average Bonchev–Trinajstić information content (AvgIpc) is 2.21. The number of sulfonamides is 1. The van der Waals surface area contributed by atoms with Crippen molar-refractivity contribution in [2.45, 2.75) is 12.2 Å². The van der Waals surface area contributed by atoms with E-state index >= 15 is 0 Å². The summed E-state index contributed by atoms with van der Waals surface area (Å²) >= 11 is 0. The molecular weight excluding hydrogens is 238 g/mol. The maximum absolute atomic E-state index is 13.1. The van der Waals surface area contributed by atoms with Crippen LogP contribution in [0.5, 0.6) is 0 Å². The van der Waals surface area contributed by atoms with E-state index in [4.69, 9.17) is 5.73 Å². The van der Waals surface area contributed by atoms with Crippen molar-refractivity contribution in [2.24, 2.45) is 5.73 Å². The fourth-order valence-electron chi connectivity index (χ4n) is 0.953. The number of anilines is 1. The molecule has 1 atom stereocenters. The molecule has 1 unspecified atom stereocenters. The Morgan fingerprint density at radius 2 is 2.06 bits per heavy atom. The maximum atomic E-state index is 13.1. The largest absolute Gasteiger partial charge is 0.329 e. The first-order valence-electron chi connectivity index (χ1n) is 4.53. The van der Waals surface area contributed by atoms with Crippen LogP contribution >= 0.6 is 0 Å². The van der Waals surface area contributed by atoms with Crippen LogP contribution in [0.2, 0.25) is 0 Å². The smallest absolute Gasteiger partial charge is 0.236 e. The SMILES string of the molecule is CC(CN)S(=O)(=O)Nc1ccc(F)cc1F. The number of rotatable bonds is 4. The molecule has 16 heavy (non-hydrogen) atoms. The molecule has 0 aliphatic rings. The Kier molecular flexibility index (Phi) is 3.82. The molecule has 90 valence electrons. The Labute approximate surface area is 92.5 Å². The van der Waals surface area contributed by atoms with Crippen LogP contribution in [0.4, 0.5) is 14.5 Å². The molecule has 0 heterocycles. The van der Waals surface area contributed by atoms with E-state index in [2.05, 4.69) is 0 Å². The highest BCUT2D eigenvalue weighted by molar-refractivity contribution is 7.93. The van der Waals surface area contributed by atoms with Gasteiger partial charge >= 0.3 is 0 Å². The molecule has 0 amide bonds. The van der Waals surface area contributed by atoms with Gasteiger partial charge in [0.05, 0.1) is 10.9 Å². The molecule has 0 aliphatic carbocycles. The lowest BCUT2D eigenvalue weighted by molar-refractivity contribution is 0.579. The Morgan fingerprint density at radius 1 is 1.44 bits per heavy atom. The molecule has 0 spiro atoms. The van der Waals surface area contributed by atoms with E-state index in [9.17, 15) is 17.2 Å². The number of hydrogen-bond acceptors (Lipinski definition) is 3. The normalized spacial score (nSPS) is 13.5. The van der Waals surface area contributed by atoms with Crippen LogP contribution in [-0.4, -0.2) is 20.2 Å². The van der Waals surface area contributed by atoms with Crippen LogP contribution < -0.4 is 10.5 Å². The van der Waals surface area contributed by atoms with Gasteiger partial charge in [-0.05, 0) is 19.1 Å². The van der Waals surface area contributed by atoms with Gasteiger partial charge in [-0.3, -0.25) is 4.72 Å². The zero-order valence-electron chi connectivity index (χ0n) is 8.57. The van der Waals surface area contributed by atoms with Crippen molar-refractivity contribution < 1.29 is 17.2 Å². The number of benzene rings is 1. The van der Waals surface area contributed by atoms with Crippen LogP contribution in [-0.2, 0) is 10.0 Å². The molecule has 0 bridgehead atoms. The van der Waals surface area contributed by atoms with Gasteiger partial charge in [-0.2, -0.15) is 0 Å². The van der Waals surface area contributed by atoms with E-state index in [-0.39, 0.29) is 12.2 Å². The van der Waals surface area contributed by atoms with Crippen LogP contribution in [0.1, 0.15) is 6.92 Å². The van der Waals surface area contributed by atoms with Crippen molar-refractivity contribution in [3.8, 4) is 0 Å². The highest BCUT2D eigenvalue weighted by Gasteiger charge is 2.20. The third kappa shape index (κ3) is 2.89. The molecule has 0 fully saturated rings. The Bertz CT molecular complexity index is 476. The first kappa shape index (κ1) is 12.9. The molecule has 0 saturated heterocycles. The third-order valence-electron chi connectivity index (χ3n) is 2.04. The molecule has 0 radical (unpaired) electrons. The summed E-state index contributed by atoms with van der Waals surface area (Å²) in [5, 5.41) is -0.850. The fraction of sp³-hybridized carbons (Fsp3) is 0.333. The van der Waals surface area contributed by atoms with Crippen molar-refractivity contribution in [3.05, 3.63) is 29.8 Å². The van der Waals surface area contributed by atoms with Gasteiger partial charge in [0.15, 0.2) is 0 Å². The molecule has 1 aromatic carbocycles. The monoisotopic (exact) mass is 250 g/mol. The van der Waals surface area contributed by atoms with Crippen LogP contribution in [0, 0.1) is 11.6 Å². The summed E-state index contributed by atoms with van der Waals surface area (Å²) in [5.41, 5.74) is 4.91. The van der Waals surface area contributed by atoms with Crippen molar-refractivity contribution in [1.29, 1.82) is 0 Å². The van der Waals surface area contributed by atoms with Gasteiger partial charge in [-0.15, -0.1) is 0 Å². The van der Waals surface area contributed by atoms with E-state index < -0.39 is 26.9 Å². The summed E-state index contributed by atoms with van der Waals surface area (Å²) in [7, 11) is -3.74. The highest BCUT2D eigenvalue weighted by Crippen LogP contribution is 2.17. The lowest BCUT2D eigenvalue weighted by atomic mass is 10.3. The molecule has 0 aromatic heterocycles. The molecule has 1 rings (SSSR count). The van der Waals surface area contributed by atoms with Crippen LogP contribution in [0.3, 0.4) is 0 Å². The van der Waals surface area contributed by atoms with Crippen molar-refractivity contribution >= 4 is 15.7 Å². The molecule has 4 nitrogen and oxygen atoms in total. The second kappa shape index (κ2) is 4.75. The third-order valence-corrected chi connectivity index (χ3v) is 3.80. The van der Waals surface area contributed by atoms with Gasteiger partial charge in [0.1, 0.15) is 11.6 Å². The standard InChI is InChI=1S/C9H12F2N2O2S/c1-6(5-12)16(14,15)13-9-3-2-7(10)4-8(9)11/h2-4,6,13H,5,12H2,1H3. The van der Waals surface area contributed by atoms with Gasteiger partial charge in [-0.25, -0.2) is 17.2 Å². The van der Waals surface area contributed by atoms with E-state index in [0.29, 0.717) is 6.07 Å². The quantitative estimate of drug-likeness (QED) is 0.839. The van der Waals surface area contributed by atoms with E-state index in [0.717, 1.165) is 12.1 Å². The summed E-state index contributed by atoms with van der Waals surface area (Å²) in [6.07, 6.45) is 0. The van der Waals surface area contributed by atoms with Gasteiger partial charge < -0.3 is 5.73 Å². The van der Waals surface area contributed by atoms with Gasteiger partial charge in [0.25, 0.3) is 0 Å². The zero-order chi connectivity index (χ0) is 12.3. The lowest BCUT2D eigenvalue weighted by Gasteiger charge is -2.13. The van der Waals surface area contributed by atoms with Crippen LogP contribution in [0.15, 0.2) is 18.2 Å². The van der Waals surface area contributed by atoms with E-state index in [1.54, 1.807) is 0 Å². The molecule has 3 N–H and O–H groups in total. The van der Waals surface area contributed by atoms with Crippen molar-refractivity contribution in [3.63, 3.8) is 0 Å². The summed E-state index contributed by atoms with van der Waals surface area (Å²) in [5.74, 6) is -1.74. The van der Waals surface area contributed by atoms with Gasteiger partial charge in [0, 0.05) is 12.6 Å². The molecular formula is C9H12F2N2O2S. The highest BCUT2D eigenvalue weighted by atomic mass is 32.2. The van der Waals surface area contributed by atoms with Gasteiger partial charge in [-0.1, -0.05) is 0 Å². The Hall–Kier alpha value is -1.21. The topological polar surface area (TPSA) is 72.2 Å². The fourth-order valence-corrected chi connectivity index (χ4v) is 1.88. The minimum atomic E-state index is -3.74. The predicted octanol–water partition coefficient (Wildman–Crippen LogP) is 1.05. The van der Waals surface area contributed by atoms with E-state index in [1.165, 1.54) is 6.92 Å². The first-order valence-corrected chi connectivity index (χ1v) is 6.08. The van der Waals surface area contributed by atoms with Gasteiger partial charge in [0.2, 0.25) is 10.0 Å². The first-order chi connectivity index (χ1) is 7.36. The summed E-state index contributed by atoms with van der Waals surface area (Å²) in [6.45, 7) is 1.31. The number of halogens is 2. The van der Waals surface area contributed by atoms with Crippen molar-refractivity contribution in [2.75, 3.05) is 11.3 Å². The van der Waals surface area contributed by atoms with E-state index in [1.807, 2.05) is 4.72 Å². The maximum Gasteiger partial charge on any atom is 0.236 e. The number of nitrogens with one attached hydrogen (secondary N) is 1. The second-order valence-corrected chi connectivity index (χ2v) is 5.42. The van der Waals surface area contributed by atoms with Crippen LogP contribution in [0.25, 0.3) is 0 Å². The Morgan fingerprint density at radius 3 is 2.56 bits per heavy atom. The molecule has 1 aromatic rings. The molecule has 7 heteroatoms. The summed E-state index contributed by atoms with van der Waals surface area (Å²) < 4.78 is 50.8. The zero-order valence-corrected chi connectivity index (χ0v) is 9.39. The summed E-state index contributed by atoms with van der Waals surface area (Å²) in [4.78, 5) is 0. The predicted molar refractivity (Wildman–Crippen MR) is 57.4 cm³/mol. The minimum Gasteiger partial charge on any atom is -0.329 e. The molecule has 0 saturated carbocycles. The number of nitrogens with two attached hydrogens (primary N) is 1. The number of hydrogen-bond donors (Lipinski definition) is 2. The average molecular weight is 250 g/mol. The second-order valence-electron chi connectivity index (χ2n) is 3.32. The minimum absolute atomic E-state index is 0.0852. The molecule has 0 aliphatic heterocycles. The van der Waals surface area contributed by atoms with Crippen molar-refractivity contribution in [1.82, 2.24) is 0 Å². The summed E-state index contributed by atoms with van der Waals surface area (Å²) in [6, 6.07) is 2.59. The Balaban J connectivity index is 2.97. The lowest BCUT2D eigenvalue weighted by Crippen LogP contribution is -2.31.